The molecule has 0 unspecified atom stereocenters. The lowest BCUT2D eigenvalue weighted by Crippen LogP contribution is -2.42. The molecular weight excluding hydrogens is 382 g/mol. The highest BCUT2D eigenvalue weighted by molar-refractivity contribution is 8.03. The van der Waals surface area contributed by atoms with Crippen molar-refractivity contribution < 1.29 is 14.3 Å². The predicted molar refractivity (Wildman–Crippen MR) is 115 cm³/mol. The molecule has 0 radical (unpaired) electrons. The molecule has 2 heterocycles. The van der Waals surface area contributed by atoms with Gasteiger partial charge in [0.1, 0.15) is 6.61 Å². The first-order valence-corrected chi connectivity index (χ1v) is 11.7. The predicted octanol–water partition coefficient (Wildman–Crippen LogP) is 5.13. The van der Waals surface area contributed by atoms with Crippen molar-refractivity contribution in [3.63, 3.8) is 0 Å². The van der Waals surface area contributed by atoms with E-state index in [1.807, 2.05) is 11.8 Å². The highest BCUT2D eigenvalue weighted by Crippen LogP contribution is 2.74. The van der Waals surface area contributed by atoms with Crippen molar-refractivity contribution in [1.29, 1.82) is 0 Å². The van der Waals surface area contributed by atoms with Crippen LogP contribution in [0.1, 0.15) is 50.7 Å². The van der Waals surface area contributed by atoms with Crippen LogP contribution >= 0.6 is 11.8 Å². The Labute approximate surface area is 177 Å². The molecule has 5 heteroatoms. The summed E-state index contributed by atoms with van der Waals surface area (Å²) < 4.78 is 5.07. The number of fused-ring (bicyclic) bond motifs is 4. The lowest BCUT2D eigenvalue weighted by Gasteiger charge is -2.40. The van der Waals surface area contributed by atoms with Crippen LogP contribution in [0.15, 0.2) is 34.7 Å². The van der Waals surface area contributed by atoms with E-state index in [9.17, 15) is 9.59 Å². The molecule has 1 saturated carbocycles. The fourth-order valence-electron chi connectivity index (χ4n) is 6.21. The van der Waals surface area contributed by atoms with Crippen molar-refractivity contribution in [1.82, 2.24) is 4.90 Å². The average Bonchev–Trinajstić information content (AvgIpc) is 3.27. The van der Waals surface area contributed by atoms with Crippen molar-refractivity contribution in [2.24, 2.45) is 22.7 Å². The Hall–Kier alpha value is -1.75. The molecule has 2 aliphatic heterocycles. The van der Waals surface area contributed by atoms with E-state index in [1.54, 1.807) is 0 Å². The number of hydrogen-bond acceptors (Lipinski definition) is 4. The van der Waals surface area contributed by atoms with Gasteiger partial charge in [-0.15, -0.1) is 11.8 Å². The smallest absolute Gasteiger partial charge is 0.416 e. The van der Waals surface area contributed by atoms with E-state index in [1.165, 1.54) is 39.3 Å². The van der Waals surface area contributed by atoms with Crippen LogP contribution < -0.4 is 0 Å². The van der Waals surface area contributed by atoms with Gasteiger partial charge in [0.25, 0.3) is 0 Å². The Morgan fingerprint density at radius 3 is 2.59 bits per heavy atom. The van der Waals surface area contributed by atoms with Crippen molar-refractivity contribution in [2.45, 2.75) is 46.5 Å². The number of rotatable bonds is 2. The van der Waals surface area contributed by atoms with Crippen LogP contribution in [-0.4, -0.2) is 35.8 Å². The molecule has 4 nitrogen and oxygen atoms in total. The quantitative estimate of drug-likeness (QED) is 0.677. The second kappa shape index (κ2) is 6.37. The monoisotopic (exact) mass is 411 g/mol. The number of carbonyl (C=O) groups is 2. The summed E-state index contributed by atoms with van der Waals surface area (Å²) in [5, 5.41) is 0. The van der Waals surface area contributed by atoms with Gasteiger partial charge in [-0.3, -0.25) is 4.79 Å². The molecule has 4 atom stereocenters. The zero-order valence-electron chi connectivity index (χ0n) is 17.7. The molecule has 1 aromatic rings. The number of aryl methyl sites for hydroxylation is 1. The first-order chi connectivity index (χ1) is 13.8. The van der Waals surface area contributed by atoms with Crippen LogP contribution in [0.25, 0.3) is 0 Å². The summed E-state index contributed by atoms with van der Waals surface area (Å²) in [5.41, 5.74) is 4.31. The lowest BCUT2D eigenvalue weighted by molar-refractivity contribution is -0.131. The maximum absolute atomic E-state index is 13.5. The van der Waals surface area contributed by atoms with E-state index < -0.39 is 6.09 Å². The Balaban J connectivity index is 1.62. The number of benzene rings is 1. The van der Waals surface area contributed by atoms with E-state index in [4.69, 9.17) is 4.74 Å². The second-order valence-electron chi connectivity index (χ2n) is 9.84. The minimum absolute atomic E-state index is 0.0548. The van der Waals surface area contributed by atoms with Gasteiger partial charge >= 0.3 is 6.09 Å². The maximum atomic E-state index is 13.5. The fraction of sp³-hybridized carbons (Fsp3) is 0.583. The first kappa shape index (κ1) is 19.2. The van der Waals surface area contributed by atoms with E-state index in [-0.39, 0.29) is 28.6 Å². The molecule has 1 saturated heterocycles. The van der Waals surface area contributed by atoms with Gasteiger partial charge in [0.2, 0.25) is 5.91 Å². The molecule has 0 spiro atoms. The minimum Gasteiger partial charge on any atom is -0.447 e. The van der Waals surface area contributed by atoms with Crippen molar-refractivity contribution >= 4 is 23.8 Å². The molecule has 0 aromatic heterocycles. The Kier molecular flexibility index (Phi) is 4.22. The Morgan fingerprint density at radius 2 is 1.93 bits per heavy atom. The zero-order valence-corrected chi connectivity index (χ0v) is 18.5. The number of hydrogen-bond donors (Lipinski definition) is 0. The third kappa shape index (κ3) is 2.52. The molecule has 2 fully saturated rings. The Bertz CT molecular complexity index is 919. The topological polar surface area (TPSA) is 46.6 Å². The molecular formula is C24H29NO3S. The summed E-state index contributed by atoms with van der Waals surface area (Å²) in [7, 11) is 0. The van der Waals surface area contributed by atoms with Gasteiger partial charge in [-0.05, 0) is 47.1 Å². The van der Waals surface area contributed by atoms with Crippen molar-refractivity contribution in [3.8, 4) is 0 Å². The number of ether oxygens (including phenoxy) is 1. The van der Waals surface area contributed by atoms with Crippen molar-refractivity contribution in [2.75, 3.05) is 18.9 Å². The molecule has 1 aromatic carbocycles. The van der Waals surface area contributed by atoms with Gasteiger partial charge < -0.3 is 4.74 Å². The zero-order chi connectivity index (χ0) is 20.6. The molecule has 29 heavy (non-hydrogen) atoms. The third-order valence-corrected chi connectivity index (χ3v) is 9.79. The van der Waals surface area contributed by atoms with E-state index >= 15 is 0 Å². The van der Waals surface area contributed by atoms with E-state index in [2.05, 4.69) is 52.0 Å². The molecule has 2 bridgehead atoms. The summed E-state index contributed by atoms with van der Waals surface area (Å²) in [5.74, 6) is 1.01. The van der Waals surface area contributed by atoms with Crippen LogP contribution in [0.4, 0.5) is 4.79 Å². The Morgan fingerprint density at radius 1 is 1.21 bits per heavy atom. The standard InChI is InChI=1S/C24H29NO3S/c1-14-5-7-15(8-6-14)18-16(21(26)25-11-12-28-22(25)27)13-29-20-19(18)17-9-10-24(20,4)23(17,2)3/h5-8,16-18H,9-13H2,1-4H3/t16-,17+,18+,24-/m0/s1. The molecule has 154 valence electrons. The number of imide groups is 1. The van der Waals surface area contributed by atoms with Gasteiger partial charge in [0.15, 0.2) is 0 Å². The number of thioether (sulfide) groups is 1. The van der Waals surface area contributed by atoms with Crippen LogP contribution in [0, 0.1) is 29.6 Å². The van der Waals surface area contributed by atoms with Gasteiger partial charge in [0.05, 0.1) is 12.5 Å². The number of cyclic esters (lactones) is 1. The highest BCUT2D eigenvalue weighted by Gasteiger charge is 2.63. The summed E-state index contributed by atoms with van der Waals surface area (Å²) in [4.78, 5) is 28.5. The molecule has 2 amide bonds. The number of nitrogens with zero attached hydrogens (tertiary/aromatic N) is 1. The summed E-state index contributed by atoms with van der Waals surface area (Å²) >= 11 is 1.88. The highest BCUT2D eigenvalue weighted by atomic mass is 32.2. The number of amides is 2. The van der Waals surface area contributed by atoms with Crippen molar-refractivity contribution in [3.05, 3.63) is 45.9 Å². The molecule has 4 aliphatic rings. The first-order valence-electron chi connectivity index (χ1n) is 10.7. The number of carbonyl (C=O) groups excluding carboxylic acids is 2. The van der Waals surface area contributed by atoms with Crippen LogP contribution in [-0.2, 0) is 9.53 Å². The number of allylic oxidation sites excluding steroid dienone is 2. The van der Waals surface area contributed by atoms with Gasteiger partial charge in [-0.2, -0.15) is 0 Å². The SMILES string of the molecule is Cc1ccc([C@H]2C3=C(SC[C@@H]2C(=O)N2CCOC2=O)[C@]2(C)CC[C@H]3C2(C)C)cc1. The average molecular weight is 412 g/mol. The molecule has 2 aliphatic carbocycles. The van der Waals surface area contributed by atoms with E-state index in [0.717, 1.165) is 5.75 Å². The summed E-state index contributed by atoms with van der Waals surface area (Å²) in [6, 6.07) is 8.65. The summed E-state index contributed by atoms with van der Waals surface area (Å²) in [6.45, 7) is 10.0. The largest absolute Gasteiger partial charge is 0.447 e. The minimum atomic E-state index is -0.484. The summed E-state index contributed by atoms with van der Waals surface area (Å²) in [6.07, 6.45) is 1.94. The van der Waals surface area contributed by atoms with E-state index in [0.29, 0.717) is 19.1 Å². The lowest BCUT2D eigenvalue weighted by atomic mass is 9.69. The normalized spacial score (nSPS) is 35.1. The van der Waals surface area contributed by atoms with Gasteiger partial charge in [-0.25, -0.2) is 9.69 Å². The second-order valence-corrected chi connectivity index (χ2v) is 10.9. The maximum Gasteiger partial charge on any atom is 0.416 e. The van der Waals surface area contributed by atoms with Crippen LogP contribution in [0.5, 0.6) is 0 Å². The molecule has 5 rings (SSSR count). The molecule has 0 N–H and O–H groups in total. The van der Waals surface area contributed by atoms with Crippen LogP contribution in [0.2, 0.25) is 0 Å². The third-order valence-electron chi connectivity index (χ3n) is 8.29. The van der Waals surface area contributed by atoms with Gasteiger partial charge in [0, 0.05) is 17.1 Å². The van der Waals surface area contributed by atoms with Gasteiger partial charge in [-0.1, -0.05) is 50.6 Å². The van der Waals surface area contributed by atoms with Crippen LogP contribution in [0.3, 0.4) is 0 Å². The fourth-order valence-corrected chi connectivity index (χ4v) is 8.01.